The Hall–Kier alpha value is -3.34. The van der Waals surface area contributed by atoms with Gasteiger partial charge in [0, 0.05) is 0 Å². The Morgan fingerprint density at radius 2 is 1.54 bits per heavy atom. The Bertz CT molecular complexity index is 932. The summed E-state index contributed by atoms with van der Waals surface area (Å²) in [5.41, 5.74) is 6.66. The molecule has 0 fully saturated rings. The molecule has 0 aliphatic carbocycles. The van der Waals surface area contributed by atoms with Crippen molar-refractivity contribution < 1.29 is 14.3 Å². The van der Waals surface area contributed by atoms with E-state index in [-0.39, 0.29) is 24.7 Å². The van der Waals surface area contributed by atoms with Crippen LogP contribution in [0, 0.1) is 0 Å². The smallest absolute Gasteiger partial charge is 0.242 e. The van der Waals surface area contributed by atoms with Crippen LogP contribution in [-0.4, -0.2) is 18.9 Å². The van der Waals surface area contributed by atoms with E-state index in [0.29, 0.717) is 5.75 Å². The van der Waals surface area contributed by atoms with E-state index in [2.05, 4.69) is 10.9 Å². The lowest BCUT2D eigenvalue weighted by molar-refractivity contribution is -0.128. The molecule has 0 saturated heterocycles. The topological polar surface area (TPSA) is 67.4 Å². The van der Waals surface area contributed by atoms with Gasteiger partial charge in [-0.1, -0.05) is 54.6 Å². The van der Waals surface area contributed by atoms with E-state index in [1.165, 1.54) is 0 Å². The van der Waals surface area contributed by atoms with Gasteiger partial charge in [0.25, 0.3) is 0 Å². The number of carbonyl (C=O) groups excluding carboxylic acids is 2. The van der Waals surface area contributed by atoms with Crippen molar-refractivity contribution in [3.05, 3.63) is 77.9 Å². The molecule has 5 nitrogen and oxygen atoms in total. The maximum absolute atomic E-state index is 12.2. The number of hydrogen-bond acceptors (Lipinski definition) is 3. The monoisotopic (exact) mass is 348 g/mol. The van der Waals surface area contributed by atoms with Crippen LogP contribution in [0.25, 0.3) is 10.8 Å². The molecule has 0 unspecified atom stereocenters. The minimum Gasteiger partial charge on any atom is -0.497 e. The highest BCUT2D eigenvalue weighted by molar-refractivity contribution is 5.91. The van der Waals surface area contributed by atoms with Crippen molar-refractivity contribution in [2.24, 2.45) is 0 Å². The van der Waals surface area contributed by atoms with E-state index in [1.807, 2.05) is 60.7 Å². The molecule has 0 heterocycles. The van der Waals surface area contributed by atoms with E-state index in [9.17, 15) is 9.59 Å². The van der Waals surface area contributed by atoms with E-state index >= 15 is 0 Å². The number of rotatable bonds is 5. The zero-order chi connectivity index (χ0) is 18.4. The van der Waals surface area contributed by atoms with Gasteiger partial charge in [-0.3, -0.25) is 20.4 Å². The van der Waals surface area contributed by atoms with Gasteiger partial charge in [-0.2, -0.15) is 0 Å². The van der Waals surface area contributed by atoms with Gasteiger partial charge in [-0.05, 0) is 34.0 Å². The number of fused-ring (bicyclic) bond motifs is 1. The highest BCUT2D eigenvalue weighted by atomic mass is 16.5. The maximum Gasteiger partial charge on any atom is 0.242 e. The van der Waals surface area contributed by atoms with Gasteiger partial charge >= 0.3 is 0 Å². The van der Waals surface area contributed by atoms with Crippen molar-refractivity contribution in [3.8, 4) is 5.75 Å². The summed E-state index contributed by atoms with van der Waals surface area (Å²) in [4.78, 5) is 24.2. The summed E-state index contributed by atoms with van der Waals surface area (Å²) < 4.78 is 5.13. The molecule has 0 spiro atoms. The summed E-state index contributed by atoms with van der Waals surface area (Å²) >= 11 is 0. The molecule has 0 saturated carbocycles. The first-order valence-corrected chi connectivity index (χ1v) is 8.33. The predicted molar refractivity (Wildman–Crippen MR) is 101 cm³/mol. The lowest BCUT2D eigenvalue weighted by atomic mass is 10.0. The molecular weight excluding hydrogens is 328 g/mol. The molecule has 26 heavy (non-hydrogen) atoms. The van der Waals surface area contributed by atoms with Crippen molar-refractivity contribution in [2.45, 2.75) is 12.8 Å². The van der Waals surface area contributed by atoms with Crippen LogP contribution in [-0.2, 0) is 22.4 Å². The summed E-state index contributed by atoms with van der Waals surface area (Å²) in [5.74, 6) is 0.139. The summed E-state index contributed by atoms with van der Waals surface area (Å²) in [6, 6.07) is 21.0. The second-order valence-electron chi connectivity index (χ2n) is 5.94. The zero-order valence-electron chi connectivity index (χ0n) is 14.5. The van der Waals surface area contributed by atoms with Crippen molar-refractivity contribution in [1.82, 2.24) is 10.9 Å². The van der Waals surface area contributed by atoms with E-state index in [4.69, 9.17) is 4.74 Å². The average Bonchev–Trinajstić information content (AvgIpc) is 2.67. The van der Waals surface area contributed by atoms with Gasteiger partial charge in [0.05, 0.1) is 20.0 Å². The van der Waals surface area contributed by atoms with Crippen LogP contribution in [0.5, 0.6) is 5.75 Å². The van der Waals surface area contributed by atoms with Crippen molar-refractivity contribution in [2.75, 3.05) is 7.11 Å². The Balaban J connectivity index is 1.55. The van der Waals surface area contributed by atoms with Crippen molar-refractivity contribution in [3.63, 3.8) is 0 Å². The summed E-state index contributed by atoms with van der Waals surface area (Å²) in [6.07, 6.45) is 0.354. The number of hydrogen-bond donors (Lipinski definition) is 2. The fourth-order valence-corrected chi connectivity index (χ4v) is 2.82. The predicted octanol–water partition coefficient (Wildman–Crippen LogP) is 2.78. The van der Waals surface area contributed by atoms with E-state index < -0.39 is 0 Å². The molecule has 0 aliphatic heterocycles. The number of hydrazine groups is 1. The Morgan fingerprint density at radius 1 is 0.846 bits per heavy atom. The third-order valence-corrected chi connectivity index (χ3v) is 4.07. The first-order valence-electron chi connectivity index (χ1n) is 8.33. The lowest BCUT2D eigenvalue weighted by Gasteiger charge is -2.09. The quantitative estimate of drug-likeness (QED) is 0.697. The largest absolute Gasteiger partial charge is 0.497 e. The first kappa shape index (κ1) is 17.5. The van der Waals surface area contributed by atoms with Crippen LogP contribution < -0.4 is 15.6 Å². The molecule has 0 aliphatic rings. The second-order valence-corrected chi connectivity index (χ2v) is 5.94. The van der Waals surface area contributed by atoms with Crippen LogP contribution in [0.15, 0.2) is 66.7 Å². The number of nitrogens with one attached hydrogen (secondary N) is 2. The van der Waals surface area contributed by atoms with Gasteiger partial charge in [0.1, 0.15) is 5.75 Å². The molecule has 3 aromatic rings. The lowest BCUT2D eigenvalue weighted by Crippen LogP contribution is -2.43. The summed E-state index contributed by atoms with van der Waals surface area (Å²) in [7, 11) is 1.58. The van der Waals surface area contributed by atoms with Gasteiger partial charge in [-0.15, -0.1) is 0 Å². The first-order chi connectivity index (χ1) is 12.7. The zero-order valence-corrected chi connectivity index (χ0v) is 14.5. The molecule has 0 radical (unpaired) electrons. The van der Waals surface area contributed by atoms with E-state index in [0.717, 1.165) is 21.9 Å². The van der Waals surface area contributed by atoms with Crippen LogP contribution in [0.1, 0.15) is 11.1 Å². The molecular formula is C21H20N2O3. The molecule has 5 heteroatoms. The Kier molecular flexibility index (Phi) is 5.49. The highest BCUT2D eigenvalue weighted by Gasteiger charge is 2.09. The molecule has 0 bridgehead atoms. The standard InChI is InChI=1S/C21H20N2O3/c1-26-18-10-4-6-15(12-18)13-20(24)22-23-21(25)14-17-9-5-8-16-7-2-3-11-19(16)17/h2-12H,13-14H2,1H3,(H,22,24)(H,23,25). The number of carbonyl (C=O) groups is 2. The molecule has 3 rings (SSSR count). The SMILES string of the molecule is COc1cccc(CC(=O)NNC(=O)Cc2cccc3ccccc23)c1. The number of methoxy groups -OCH3 is 1. The molecule has 2 N–H and O–H groups in total. The van der Waals surface area contributed by atoms with Crippen LogP contribution in [0.4, 0.5) is 0 Å². The van der Waals surface area contributed by atoms with Crippen molar-refractivity contribution in [1.29, 1.82) is 0 Å². The summed E-state index contributed by atoms with van der Waals surface area (Å²) in [5, 5.41) is 2.12. The van der Waals surface area contributed by atoms with Gasteiger partial charge in [0.2, 0.25) is 11.8 Å². The number of ether oxygens (including phenoxy) is 1. The van der Waals surface area contributed by atoms with Crippen molar-refractivity contribution >= 4 is 22.6 Å². The number of benzene rings is 3. The third-order valence-electron chi connectivity index (χ3n) is 4.07. The molecule has 0 atom stereocenters. The molecule has 2 amide bonds. The van der Waals surface area contributed by atoms with Crippen LogP contribution in [0.2, 0.25) is 0 Å². The van der Waals surface area contributed by atoms with Crippen LogP contribution in [0.3, 0.4) is 0 Å². The van der Waals surface area contributed by atoms with Crippen LogP contribution >= 0.6 is 0 Å². The fraction of sp³-hybridized carbons (Fsp3) is 0.143. The minimum atomic E-state index is -0.287. The minimum absolute atomic E-state index is 0.158. The van der Waals surface area contributed by atoms with E-state index in [1.54, 1.807) is 13.2 Å². The Morgan fingerprint density at radius 3 is 2.35 bits per heavy atom. The molecule has 0 aromatic heterocycles. The average molecular weight is 348 g/mol. The normalized spacial score (nSPS) is 10.3. The second kappa shape index (κ2) is 8.16. The summed E-state index contributed by atoms with van der Waals surface area (Å²) in [6.45, 7) is 0. The van der Waals surface area contributed by atoms with Gasteiger partial charge < -0.3 is 4.74 Å². The fourth-order valence-electron chi connectivity index (χ4n) is 2.82. The van der Waals surface area contributed by atoms with Gasteiger partial charge in [0.15, 0.2) is 0 Å². The highest BCUT2D eigenvalue weighted by Crippen LogP contribution is 2.18. The molecule has 132 valence electrons. The van der Waals surface area contributed by atoms with Gasteiger partial charge in [-0.25, -0.2) is 0 Å². The third kappa shape index (κ3) is 4.39. The maximum atomic E-state index is 12.2. The molecule has 3 aromatic carbocycles. The number of amides is 2. The Labute approximate surface area is 152 Å².